The molecule has 0 radical (unpaired) electrons. The molecule has 1 aliphatic rings. The number of anilines is 2. The van der Waals surface area contributed by atoms with Crippen molar-refractivity contribution >= 4 is 34.3 Å². The van der Waals surface area contributed by atoms with Gasteiger partial charge in [0.25, 0.3) is 11.6 Å². The zero-order chi connectivity index (χ0) is 25.1. The second-order valence-electron chi connectivity index (χ2n) is 9.57. The van der Waals surface area contributed by atoms with Gasteiger partial charge >= 0.3 is 0 Å². The first kappa shape index (κ1) is 24.4. The van der Waals surface area contributed by atoms with E-state index in [9.17, 15) is 14.9 Å². The van der Waals surface area contributed by atoms with Crippen LogP contribution in [0.4, 0.5) is 17.5 Å². The molecule has 184 valence electrons. The van der Waals surface area contributed by atoms with Gasteiger partial charge in [0.2, 0.25) is 5.95 Å². The number of hydrogen-bond donors (Lipinski definition) is 2. The highest BCUT2D eigenvalue weighted by molar-refractivity contribution is 5.95. The van der Waals surface area contributed by atoms with E-state index in [1.54, 1.807) is 26.0 Å². The first-order valence-electron chi connectivity index (χ1n) is 12.0. The Kier molecular flexibility index (Phi) is 7.14. The smallest absolute Gasteiger partial charge is 0.275 e. The Morgan fingerprint density at radius 1 is 1.09 bits per heavy atom. The van der Waals surface area contributed by atoms with Crippen molar-refractivity contribution in [2.24, 2.45) is 5.92 Å². The van der Waals surface area contributed by atoms with Gasteiger partial charge in [-0.2, -0.15) is 4.98 Å². The fourth-order valence-electron chi connectivity index (χ4n) is 4.87. The monoisotopic (exact) mass is 476 g/mol. The molecule has 9 nitrogen and oxygen atoms in total. The van der Waals surface area contributed by atoms with Crippen molar-refractivity contribution in [1.82, 2.24) is 15.3 Å². The first-order valence-corrected chi connectivity index (χ1v) is 12.0. The van der Waals surface area contributed by atoms with Crippen LogP contribution >= 0.6 is 0 Å². The van der Waals surface area contributed by atoms with Gasteiger partial charge in [-0.3, -0.25) is 14.9 Å². The maximum atomic E-state index is 12.7. The van der Waals surface area contributed by atoms with Crippen LogP contribution in [0.2, 0.25) is 0 Å². The minimum atomic E-state index is -0.400. The minimum absolute atomic E-state index is 0.0699. The molecule has 0 aliphatic heterocycles. The van der Waals surface area contributed by atoms with E-state index < -0.39 is 4.92 Å². The van der Waals surface area contributed by atoms with E-state index in [1.807, 2.05) is 43.3 Å². The molecule has 1 aliphatic carbocycles. The topological polar surface area (TPSA) is 113 Å². The summed E-state index contributed by atoms with van der Waals surface area (Å²) in [5, 5.41) is 18.8. The molecule has 1 fully saturated rings. The summed E-state index contributed by atoms with van der Waals surface area (Å²) in [5.74, 6) is 1.75. The van der Waals surface area contributed by atoms with Crippen LogP contribution in [-0.2, 0) is 0 Å². The lowest BCUT2D eigenvalue weighted by Gasteiger charge is -2.29. The summed E-state index contributed by atoms with van der Waals surface area (Å²) in [4.78, 5) is 34.9. The molecule has 3 aromatic rings. The summed E-state index contributed by atoms with van der Waals surface area (Å²) in [6, 6.07) is 11.5. The van der Waals surface area contributed by atoms with Gasteiger partial charge in [-0.15, -0.1) is 0 Å². The van der Waals surface area contributed by atoms with Gasteiger partial charge in [-0.1, -0.05) is 12.1 Å². The van der Waals surface area contributed by atoms with Crippen LogP contribution in [0.5, 0.6) is 0 Å². The molecule has 0 saturated heterocycles. The van der Waals surface area contributed by atoms with Crippen LogP contribution in [0, 0.1) is 29.9 Å². The average Bonchev–Trinajstić information content (AvgIpc) is 2.82. The maximum absolute atomic E-state index is 12.7. The number of fused-ring (bicyclic) bond motifs is 1. The molecule has 35 heavy (non-hydrogen) atoms. The van der Waals surface area contributed by atoms with Crippen LogP contribution in [-0.4, -0.2) is 47.5 Å². The van der Waals surface area contributed by atoms with Crippen molar-refractivity contribution in [3.8, 4) is 0 Å². The van der Waals surface area contributed by atoms with E-state index in [2.05, 4.69) is 10.6 Å². The zero-order valence-corrected chi connectivity index (χ0v) is 20.7. The number of aryl methyl sites for hydroxylation is 2. The predicted octanol–water partition coefficient (Wildman–Crippen LogP) is 4.62. The lowest BCUT2D eigenvalue weighted by Crippen LogP contribution is -2.34. The molecule has 1 amide bonds. The Hall–Kier alpha value is -3.75. The third-order valence-electron chi connectivity index (χ3n) is 6.67. The number of para-hydroxylation sites is 1. The Bertz CT molecular complexity index is 1230. The molecule has 4 rings (SSSR count). The van der Waals surface area contributed by atoms with Crippen LogP contribution in [0.1, 0.15) is 47.2 Å². The van der Waals surface area contributed by atoms with E-state index in [0.717, 1.165) is 42.4 Å². The quantitative estimate of drug-likeness (QED) is 0.378. The fourth-order valence-corrected chi connectivity index (χ4v) is 4.87. The molecule has 1 heterocycles. The summed E-state index contributed by atoms with van der Waals surface area (Å²) in [7, 11) is 3.97. The van der Waals surface area contributed by atoms with Gasteiger partial charge in [-0.05, 0) is 69.7 Å². The highest BCUT2D eigenvalue weighted by Gasteiger charge is 2.24. The fraction of sp³-hybridized carbons (Fsp3) is 0.423. The normalized spacial score (nSPS) is 17.7. The number of nitrogens with zero attached hydrogens (tertiary/aromatic N) is 4. The van der Waals surface area contributed by atoms with Crippen molar-refractivity contribution in [3.63, 3.8) is 0 Å². The highest BCUT2D eigenvalue weighted by Crippen LogP contribution is 2.29. The number of rotatable bonds is 7. The summed E-state index contributed by atoms with van der Waals surface area (Å²) in [6.07, 6.45) is 3.93. The van der Waals surface area contributed by atoms with E-state index in [-0.39, 0.29) is 17.6 Å². The Morgan fingerprint density at radius 2 is 1.74 bits per heavy atom. The van der Waals surface area contributed by atoms with Crippen LogP contribution in [0.3, 0.4) is 0 Å². The summed E-state index contributed by atoms with van der Waals surface area (Å²) < 4.78 is 0. The van der Waals surface area contributed by atoms with Crippen LogP contribution in [0.25, 0.3) is 10.9 Å². The second-order valence-corrected chi connectivity index (χ2v) is 9.57. The number of nitro benzene ring substituents is 1. The number of amides is 1. The van der Waals surface area contributed by atoms with Crippen LogP contribution in [0.15, 0.2) is 36.4 Å². The SMILES string of the molecule is Cc1cc(C(=O)NCC2CCC(Nc3nc(N(C)C)c4ccccc4n3)CC2)cc(C)c1[N+](=O)[O-]. The predicted molar refractivity (Wildman–Crippen MR) is 138 cm³/mol. The van der Waals surface area contributed by atoms with Crippen molar-refractivity contribution in [1.29, 1.82) is 0 Å². The molecule has 9 heteroatoms. The largest absolute Gasteiger partial charge is 0.362 e. The van der Waals surface area contributed by atoms with Crippen molar-refractivity contribution < 1.29 is 9.72 Å². The number of nitro groups is 1. The Morgan fingerprint density at radius 3 is 2.37 bits per heavy atom. The van der Waals surface area contributed by atoms with E-state index >= 15 is 0 Å². The number of hydrogen-bond acceptors (Lipinski definition) is 7. The molecular formula is C26H32N6O3. The molecule has 0 bridgehead atoms. The van der Waals surface area contributed by atoms with Crippen LogP contribution < -0.4 is 15.5 Å². The van der Waals surface area contributed by atoms with Gasteiger partial charge in [0.05, 0.1) is 10.4 Å². The number of aromatic nitrogens is 2. The summed E-state index contributed by atoms with van der Waals surface area (Å²) >= 11 is 0. The van der Waals surface area contributed by atoms with Crippen molar-refractivity contribution in [2.75, 3.05) is 30.9 Å². The van der Waals surface area contributed by atoms with E-state index in [1.165, 1.54) is 0 Å². The van der Waals surface area contributed by atoms with E-state index in [4.69, 9.17) is 9.97 Å². The number of benzene rings is 2. The molecule has 0 spiro atoms. The van der Waals surface area contributed by atoms with Gasteiger partial charge in [-0.25, -0.2) is 4.98 Å². The molecule has 2 aromatic carbocycles. The lowest BCUT2D eigenvalue weighted by atomic mass is 9.86. The third-order valence-corrected chi connectivity index (χ3v) is 6.67. The van der Waals surface area contributed by atoms with Gasteiger partial charge < -0.3 is 15.5 Å². The standard InChI is InChI=1S/C26H32N6O3/c1-16-13-19(14-17(2)23(16)32(34)35)25(33)27-15-18-9-11-20(12-10-18)28-26-29-22-8-6-5-7-21(22)24(30-26)31(3)4/h5-8,13-14,18,20H,9-12,15H2,1-4H3,(H,27,33)(H,28,29,30). The molecule has 0 unspecified atom stereocenters. The van der Waals surface area contributed by atoms with E-state index in [0.29, 0.717) is 35.1 Å². The molecule has 1 aromatic heterocycles. The molecule has 0 atom stereocenters. The summed E-state index contributed by atoms with van der Waals surface area (Å²) in [6.45, 7) is 3.92. The van der Waals surface area contributed by atoms with Gasteiger partial charge in [0.1, 0.15) is 5.82 Å². The Balaban J connectivity index is 1.32. The number of carbonyl (C=O) groups excluding carboxylic acids is 1. The zero-order valence-electron chi connectivity index (χ0n) is 20.7. The minimum Gasteiger partial charge on any atom is -0.362 e. The average molecular weight is 477 g/mol. The number of nitrogens with one attached hydrogen (secondary N) is 2. The first-order chi connectivity index (χ1) is 16.7. The third kappa shape index (κ3) is 5.50. The van der Waals surface area contributed by atoms with Crippen molar-refractivity contribution in [3.05, 3.63) is 63.2 Å². The molecule has 2 N–H and O–H groups in total. The van der Waals surface area contributed by atoms with Crippen molar-refractivity contribution in [2.45, 2.75) is 45.6 Å². The Labute approximate surface area is 205 Å². The highest BCUT2D eigenvalue weighted by atomic mass is 16.6. The summed E-state index contributed by atoms with van der Waals surface area (Å²) in [5.41, 5.74) is 2.45. The molecular weight excluding hydrogens is 444 g/mol. The maximum Gasteiger partial charge on any atom is 0.275 e. The van der Waals surface area contributed by atoms with Gasteiger partial charge in [0.15, 0.2) is 0 Å². The second kappa shape index (κ2) is 10.2. The molecule has 1 saturated carbocycles. The van der Waals surface area contributed by atoms with Gasteiger partial charge in [0, 0.05) is 48.8 Å². The lowest BCUT2D eigenvalue weighted by molar-refractivity contribution is -0.386. The number of carbonyl (C=O) groups is 1.